The van der Waals surface area contributed by atoms with E-state index in [1.54, 1.807) is 31.2 Å². The van der Waals surface area contributed by atoms with Crippen LogP contribution in [0.4, 0.5) is 0 Å². The summed E-state index contributed by atoms with van der Waals surface area (Å²) in [4.78, 5) is 10.2. The highest BCUT2D eigenvalue weighted by atomic mass is 31.2. The Morgan fingerprint density at radius 2 is 1.03 bits per heavy atom. The Kier molecular flexibility index (Phi) is 8.45. The van der Waals surface area contributed by atoms with Crippen LogP contribution in [0.1, 0.15) is 6.92 Å². The van der Waals surface area contributed by atoms with Crippen molar-refractivity contribution in [1.82, 2.24) is 0 Å². The maximum absolute atomic E-state index is 14.7. The van der Waals surface area contributed by atoms with Gasteiger partial charge in [-0.25, -0.2) is 0 Å². The van der Waals surface area contributed by atoms with E-state index in [0.29, 0.717) is 21.7 Å². The standard InChI is InChI=1S/C28H28O6P2/c1-2-34-36(30,31)28-20-12-10-18-26(28)33-22-21-32-25-17-9-11-19-27(25)35(29,23-13-5-3-6-14-23)24-15-7-4-8-16-24/h3-20H,2,21-22H2,1H3,(H,30,31). The van der Waals surface area contributed by atoms with Crippen LogP contribution in [0.5, 0.6) is 11.5 Å². The van der Waals surface area contributed by atoms with Crippen LogP contribution in [0.2, 0.25) is 0 Å². The molecule has 4 aromatic rings. The van der Waals surface area contributed by atoms with E-state index >= 15 is 0 Å². The average molecular weight is 522 g/mol. The van der Waals surface area contributed by atoms with E-state index in [1.807, 2.05) is 78.9 Å². The van der Waals surface area contributed by atoms with E-state index in [2.05, 4.69) is 0 Å². The summed E-state index contributed by atoms with van der Waals surface area (Å²) >= 11 is 0. The lowest BCUT2D eigenvalue weighted by atomic mass is 10.3. The van der Waals surface area contributed by atoms with Gasteiger partial charge < -0.3 is 23.5 Å². The number of benzene rings is 4. The molecular formula is C28H28O6P2. The van der Waals surface area contributed by atoms with Gasteiger partial charge in [0.1, 0.15) is 30.0 Å². The first-order valence-corrected chi connectivity index (χ1v) is 14.9. The summed E-state index contributed by atoms with van der Waals surface area (Å²) in [6.07, 6.45) is 0. The van der Waals surface area contributed by atoms with Gasteiger partial charge in [0.25, 0.3) is 0 Å². The number of ether oxygens (including phenoxy) is 2. The average Bonchev–Trinajstić information content (AvgIpc) is 2.92. The van der Waals surface area contributed by atoms with Crippen LogP contribution in [0.25, 0.3) is 0 Å². The summed E-state index contributed by atoms with van der Waals surface area (Å²) in [6.45, 7) is 2.00. The Morgan fingerprint density at radius 3 is 1.53 bits per heavy atom. The van der Waals surface area contributed by atoms with E-state index in [0.717, 1.165) is 0 Å². The molecule has 0 radical (unpaired) electrons. The topological polar surface area (TPSA) is 82.1 Å². The third-order valence-corrected chi connectivity index (χ3v) is 10.2. The molecule has 0 aliphatic heterocycles. The second-order valence-electron chi connectivity index (χ2n) is 7.85. The zero-order valence-electron chi connectivity index (χ0n) is 19.9. The fraction of sp³-hybridized carbons (Fsp3) is 0.143. The zero-order chi connectivity index (χ0) is 25.4. The lowest BCUT2D eigenvalue weighted by Crippen LogP contribution is -2.27. The molecule has 0 saturated heterocycles. The molecule has 0 heterocycles. The van der Waals surface area contributed by atoms with Crippen LogP contribution >= 0.6 is 14.7 Å². The molecule has 0 amide bonds. The first-order valence-electron chi connectivity index (χ1n) is 11.6. The molecular weight excluding hydrogens is 494 g/mol. The Balaban J connectivity index is 1.57. The number of hydrogen-bond donors (Lipinski definition) is 1. The normalized spacial score (nSPS) is 13.1. The first-order chi connectivity index (χ1) is 17.5. The van der Waals surface area contributed by atoms with Gasteiger partial charge in [-0.2, -0.15) is 0 Å². The maximum atomic E-state index is 14.7. The third-order valence-electron chi connectivity index (χ3n) is 5.52. The monoisotopic (exact) mass is 522 g/mol. The molecule has 0 saturated carbocycles. The fourth-order valence-corrected chi connectivity index (χ4v) is 7.87. The van der Waals surface area contributed by atoms with Crippen LogP contribution < -0.4 is 30.7 Å². The predicted molar refractivity (Wildman–Crippen MR) is 144 cm³/mol. The van der Waals surface area contributed by atoms with E-state index in [9.17, 15) is 14.0 Å². The van der Waals surface area contributed by atoms with Gasteiger partial charge in [-0.15, -0.1) is 0 Å². The Labute approximate surface area is 211 Å². The SMILES string of the molecule is CCOP(=O)(O)c1ccccc1OCCOc1ccccc1P(=O)(c1ccccc1)c1ccccc1. The van der Waals surface area contributed by atoms with Gasteiger partial charge in [0.05, 0.1) is 11.9 Å². The minimum Gasteiger partial charge on any atom is -0.489 e. The van der Waals surface area contributed by atoms with Crippen molar-refractivity contribution in [2.45, 2.75) is 6.92 Å². The van der Waals surface area contributed by atoms with E-state index in [-0.39, 0.29) is 30.9 Å². The van der Waals surface area contributed by atoms with Gasteiger partial charge in [0.2, 0.25) is 0 Å². The van der Waals surface area contributed by atoms with Gasteiger partial charge >= 0.3 is 7.60 Å². The summed E-state index contributed by atoms with van der Waals surface area (Å²) in [6, 6.07) is 32.6. The number of hydrogen-bond acceptors (Lipinski definition) is 5. The maximum Gasteiger partial charge on any atom is 0.362 e. The molecule has 4 rings (SSSR count). The van der Waals surface area contributed by atoms with Gasteiger partial charge in [0.15, 0.2) is 7.14 Å². The molecule has 0 fully saturated rings. The smallest absolute Gasteiger partial charge is 0.362 e. The second-order valence-corrected chi connectivity index (χ2v) is 12.4. The van der Waals surface area contributed by atoms with Crippen molar-refractivity contribution in [2.75, 3.05) is 19.8 Å². The molecule has 186 valence electrons. The minimum atomic E-state index is -3.99. The highest BCUT2D eigenvalue weighted by Gasteiger charge is 2.32. The van der Waals surface area contributed by atoms with Crippen LogP contribution in [-0.4, -0.2) is 24.7 Å². The summed E-state index contributed by atoms with van der Waals surface area (Å²) in [5, 5.41) is 2.13. The van der Waals surface area contributed by atoms with Crippen molar-refractivity contribution in [3.05, 3.63) is 109 Å². The van der Waals surface area contributed by atoms with Crippen molar-refractivity contribution in [2.24, 2.45) is 0 Å². The van der Waals surface area contributed by atoms with Gasteiger partial charge in [-0.1, -0.05) is 84.9 Å². The van der Waals surface area contributed by atoms with E-state index in [1.165, 1.54) is 6.07 Å². The number of rotatable bonds is 11. The molecule has 8 heteroatoms. The first kappa shape index (κ1) is 25.9. The quantitative estimate of drug-likeness (QED) is 0.229. The molecule has 0 spiro atoms. The summed E-state index contributed by atoms with van der Waals surface area (Å²) in [5.41, 5.74) is 0. The highest BCUT2D eigenvalue weighted by Crippen LogP contribution is 2.45. The minimum absolute atomic E-state index is 0.102. The zero-order valence-corrected chi connectivity index (χ0v) is 21.7. The predicted octanol–water partition coefficient (Wildman–Crippen LogP) is 4.63. The van der Waals surface area contributed by atoms with Gasteiger partial charge in [-0.05, 0) is 31.2 Å². The van der Waals surface area contributed by atoms with Gasteiger partial charge in [-0.3, -0.25) is 4.57 Å². The molecule has 4 aromatic carbocycles. The van der Waals surface area contributed by atoms with Crippen LogP contribution in [0, 0.1) is 0 Å². The molecule has 1 unspecified atom stereocenters. The lowest BCUT2D eigenvalue weighted by molar-refractivity contribution is 0.218. The largest absolute Gasteiger partial charge is 0.489 e. The molecule has 0 aliphatic carbocycles. The molecule has 6 nitrogen and oxygen atoms in total. The molecule has 0 aliphatic rings. The molecule has 0 aromatic heterocycles. The second kappa shape index (κ2) is 11.7. The van der Waals surface area contributed by atoms with Crippen molar-refractivity contribution in [3.8, 4) is 11.5 Å². The van der Waals surface area contributed by atoms with Crippen molar-refractivity contribution in [1.29, 1.82) is 0 Å². The Hall–Kier alpha value is -3.14. The van der Waals surface area contributed by atoms with Crippen LogP contribution in [-0.2, 0) is 13.7 Å². The van der Waals surface area contributed by atoms with E-state index in [4.69, 9.17) is 14.0 Å². The Bertz CT molecular complexity index is 1330. The highest BCUT2D eigenvalue weighted by molar-refractivity contribution is 7.85. The summed E-state index contributed by atoms with van der Waals surface area (Å²) < 4.78 is 44.1. The van der Waals surface area contributed by atoms with Crippen molar-refractivity contribution >= 4 is 36.0 Å². The number of para-hydroxylation sites is 2. The van der Waals surface area contributed by atoms with Crippen LogP contribution in [0.3, 0.4) is 0 Å². The Morgan fingerprint density at radius 1 is 0.611 bits per heavy atom. The third kappa shape index (κ3) is 5.64. The fourth-order valence-electron chi connectivity index (χ4n) is 3.90. The van der Waals surface area contributed by atoms with Crippen molar-refractivity contribution < 1.29 is 28.0 Å². The lowest BCUT2D eigenvalue weighted by Gasteiger charge is -2.22. The molecule has 36 heavy (non-hydrogen) atoms. The summed E-state index contributed by atoms with van der Waals surface area (Å²) in [5.74, 6) is 0.750. The van der Waals surface area contributed by atoms with Crippen LogP contribution in [0.15, 0.2) is 109 Å². The molecule has 1 N–H and O–H groups in total. The van der Waals surface area contributed by atoms with Gasteiger partial charge in [0, 0.05) is 10.6 Å². The summed E-state index contributed by atoms with van der Waals surface area (Å²) in [7, 11) is -7.20. The molecule has 1 atom stereocenters. The van der Waals surface area contributed by atoms with E-state index < -0.39 is 14.7 Å². The molecule has 0 bridgehead atoms. The van der Waals surface area contributed by atoms with Crippen molar-refractivity contribution in [3.63, 3.8) is 0 Å².